The first-order valence-electron chi connectivity index (χ1n) is 7.10. The number of aryl methyl sites for hydroxylation is 1. The molecule has 104 valence electrons. The Morgan fingerprint density at radius 2 is 2.30 bits per heavy atom. The Morgan fingerprint density at radius 3 is 3.20 bits per heavy atom. The van der Waals surface area contributed by atoms with E-state index in [2.05, 4.69) is 46.3 Å². The highest BCUT2D eigenvalue weighted by molar-refractivity contribution is 5.36. The standard InChI is InChI=1S/C16H19N3O/c1-2-10-17-11-15-18-16(19-20-15)14-9-5-7-12-6-3-4-8-13(12)14/h2-4,6,8,14,17H,1,5,7,9-11H2. The van der Waals surface area contributed by atoms with Gasteiger partial charge in [-0.2, -0.15) is 4.98 Å². The number of nitrogens with one attached hydrogen (secondary N) is 1. The van der Waals surface area contributed by atoms with Crippen molar-refractivity contribution in [1.82, 2.24) is 15.5 Å². The van der Waals surface area contributed by atoms with Crippen molar-refractivity contribution in [2.75, 3.05) is 6.54 Å². The number of hydrogen-bond donors (Lipinski definition) is 1. The van der Waals surface area contributed by atoms with Gasteiger partial charge < -0.3 is 9.84 Å². The lowest BCUT2D eigenvalue weighted by molar-refractivity contribution is 0.362. The molecule has 0 saturated carbocycles. The zero-order chi connectivity index (χ0) is 13.8. The first-order chi connectivity index (χ1) is 9.88. The van der Waals surface area contributed by atoms with Gasteiger partial charge in [0.05, 0.1) is 6.54 Å². The number of nitrogens with zero attached hydrogens (tertiary/aromatic N) is 2. The minimum atomic E-state index is 0.275. The number of fused-ring (bicyclic) bond motifs is 1. The Labute approximate surface area is 118 Å². The summed E-state index contributed by atoms with van der Waals surface area (Å²) in [6.07, 6.45) is 5.24. The Balaban J connectivity index is 1.78. The van der Waals surface area contributed by atoms with Gasteiger partial charge in [0.2, 0.25) is 5.89 Å². The average Bonchev–Trinajstić information content (AvgIpc) is 2.96. The second kappa shape index (κ2) is 6.01. The van der Waals surface area contributed by atoms with E-state index >= 15 is 0 Å². The zero-order valence-corrected chi connectivity index (χ0v) is 11.5. The van der Waals surface area contributed by atoms with Crippen LogP contribution >= 0.6 is 0 Å². The van der Waals surface area contributed by atoms with E-state index in [-0.39, 0.29) is 5.92 Å². The number of hydrogen-bond acceptors (Lipinski definition) is 4. The molecule has 4 heteroatoms. The van der Waals surface area contributed by atoms with E-state index in [9.17, 15) is 0 Å². The van der Waals surface area contributed by atoms with Crippen molar-refractivity contribution < 1.29 is 4.52 Å². The van der Waals surface area contributed by atoms with Crippen molar-refractivity contribution in [3.05, 3.63) is 59.8 Å². The lowest BCUT2D eigenvalue weighted by Crippen LogP contribution is -2.14. The van der Waals surface area contributed by atoms with E-state index in [0.717, 1.165) is 25.2 Å². The summed E-state index contributed by atoms with van der Waals surface area (Å²) in [5.74, 6) is 1.73. The second-order valence-corrected chi connectivity index (χ2v) is 5.11. The summed E-state index contributed by atoms with van der Waals surface area (Å²) in [4.78, 5) is 4.53. The molecule has 0 spiro atoms. The molecule has 1 N–H and O–H groups in total. The second-order valence-electron chi connectivity index (χ2n) is 5.11. The van der Waals surface area contributed by atoms with Gasteiger partial charge in [-0.05, 0) is 30.4 Å². The fourth-order valence-corrected chi connectivity index (χ4v) is 2.78. The molecule has 1 aromatic carbocycles. The van der Waals surface area contributed by atoms with Gasteiger partial charge >= 0.3 is 0 Å². The molecule has 0 amide bonds. The molecule has 20 heavy (non-hydrogen) atoms. The van der Waals surface area contributed by atoms with E-state index in [4.69, 9.17) is 4.52 Å². The molecule has 1 heterocycles. The van der Waals surface area contributed by atoms with Crippen LogP contribution in [0.2, 0.25) is 0 Å². The van der Waals surface area contributed by atoms with Gasteiger partial charge in [0.1, 0.15) is 0 Å². The van der Waals surface area contributed by atoms with E-state index < -0.39 is 0 Å². The normalized spacial score (nSPS) is 17.7. The van der Waals surface area contributed by atoms with Crippen LogP contribution in [0.3, 0.4) is 0 Å². The van der Waals surface area contributed by atoms with Crippen molar-refractivity contribution in [2.45, 2.75) is 31.7 Å². The Morgan fingerprint density at radius 1 is 1.40 bits per heavy atom. The summed E-state index contributed by atoms with van der Waals surface area (Å²) >= 11 is 0. The Bertz CT molecular complexity index is 591. The van der Waals surface area contributed by atoms with Crippen LogP contribution in [-0.2, 0) is 13.0 Å². The number of aromatic nitrogens is 2. The molecule has 0 radical (unpaired) electrons. The largest absolute Gasteiger partial charge is 0.338 e. The summed E-state index contributed by atoms with van der Waals surface area (Å²) in [5.41, 5.74) is 2.77. The Kier molecular flexibility index (Phi) is 3.92. The molecular weight excluding hydrogens is 250 g/mol. The van der Waals surface area contributed by atoms with Gasteiger partial charge in [-0.25, -0.2) is 0 Å². The van der Waals surface area contributed by atoms with Crippen LogP contribution in [-0.4, -0.2) is 16.7 Å². The van der Waals surface area contributed by atoms with Crippen molar-refractivity contribution in [3.8, 4) is 0 Å². The lowest BCUT2D eigenvalue weighted by Gasteiger charge is -2.22. The van der Waals surface area contributed by atoms with Gasteiger partial charge in [0.15, 0.2) is 5.82 Å². The molecule has 2 aromatic rings. The molecular formula is C16H19N3O. The van der Waals surface area contributed by atoms with Crippen LogP contribution in [0.15, 0.2) is 41.4 Å². The van der Waals surface area contributed by atoms with Crippen LogP contribution in [0.1, 0.15) is 41.6 Å². The first-order valence-corrected chi connectivity index (χ1v) is 7.10. The third kappa shape index (κ3) is 2.65. The van der Waals surface area contributed by atoms with Gasteiger partial charge in [-0.1, -0.05) is 35.5 Å². The lowest BCUT2D eigenvalue weighted by atomic mass is 9.82. The van der Waals surface area contributed by atoms with E-state index in [1.165, 1.54) is 17.5 Å². The van der Waals surface area contributed by atoms with E-state index in [1.54, 1.807) is 0 Å². The smallest absolute Gasteiger partial charge is 0.240 e. The summed E-state index contributed by atoms with van der Waals surface area (Å²) in [6.45, 7) is 5.00. The Hall–Kier alpha value is -1.94. The maximum absolute atomic E-state index is 5.32. The van der Waals surface area contributed by atoms with Crippen molar-refractivity contribution in [1.29, 1.82) is 0 Å². The molecule has 0 aliphatic heterocycles. The SMILES string of the molecule is C=CCNCc1nc(C2CCCc3ccccc32)no1. The maximum Gasteiger partial charge on any atom is 0.240 e. The van der Waals surface area contributed by atoms with Crippen molar-refractivity contribution >= 4 is 0 Å². The maximum atomic E-state index is 5.32. The van der Waals surface area contributed by atoms with Gasteiger partial charge in [-0.15, -0.1) is 6.58 Å². The highest BCUT2D eigenvalue weighted by Crippen LogP contribution is 2.34. The number of benzene rings is 1. The quantitative estimate of drug-likeness (QED) is 0.670. The molecule has 0 fully saturated rings. The topological polar surface area (TPSA) is 51.0 Å². The van der Waals surface area contributed by atoms with Crippen molar-refractivity contribution in [2.24, 2.45) is 0 Å². The van der Waals surface area contributed by atoms with Gasteiger partial charge in [0.25, 0.3) is 0 Å². The predicted octanol–water partition coefficient (Wildman–Crippen LogP) is 2.81. The van der Waals surface area contributed by atoms with E-state index in [0.29, 0.717) is 12.4 Å². The number of rotatable bonds is 5. The molecule has 4 nitrogen and oxygen atoms in total. The fourth-order valence-electron chi connectivity index (χ4n) is 2.78. The minimum absolute atomic E-state index is 0.275. The van der Waals surface area contributed by atoms with Crippen LogP contribution in [0.4, 0.5) is 0 Å². The summed E-state index contributed by atoms with van der Waals surface area (Å²) in [7, 11) is 0. The molecule has 0 bridgehead atoms. The highest BCUT2D eigenvalue weighted by Gasteiger charge is 2.25. The molecule has 1 aliphatic carbocycles. The van der Waals surface area contributed by atoms with Crippen LogP contribution in [0.25, 0.3) is 0 Å². The summed E-state index contributed by atoms with van der Waals surface area (Å²) in [5, 5.41) is 7.34. The monoisotopic (exact) mass is 269 g/mol. The van der Waals surface area contributed by atoms with Crippen LogP contribution < -0.4 is 5.32 Å². The zero-order valence-electron chi connectivity index (χ0n) is 11.5. The summed E-state index contributed by atoms with van der Waals surface area (Å²) in [6, 6.07) is 8.57. The third-order valence-electron chi connectivity index (χ3n) is 3.73. The first kappa shape index (κ1) is 13.1. The molecule has 3 rings (SSSR count). The van der Waals surface area contributed by atoms with Crippen LogP contribution in [0.5, 0.6) is 0 Å². The van der Waals surface area contributed by atoms with Crippen molar-refractivity contribution in [3.63, 3.8) is 0 Å². The van der Waals surface area contributed by atoms with E-state index in [1.807, 2.05) is 6.08 Å². The highest BCUT2D eigenvalue weighted by atomic mass is 16.5. The van der Waals surface area contributed by atoms with Crippen LogP contribution in [0, 0.1) is 0 Å². The molecule has 1 atom stereocenters. The minimum Gasteiger partial charge on any atom is -0.338 e. The average molecular weight is 269 g/mol. The van der Waals surface area contributed by atoms with Gasteiger partial charge in [-0.3, -0.25) is 0 Å². The molecule has 1 aromatic heterocycles. The molecule has 1 aliphatic rings. The molecule has 1 unspecified atom stereocenters. The van der Waals surface area contributed by atoms with Gasteiger partial charge in [0, 0.05) is 12.5 Å². The molecule has 0 saturated heterocycles. The fraction of sp³-hybridized carbons (Fsp3) is 0.375. The predicted molar refractivity (Wildman–Crippen MR) is 77.4 cm³/mol. The third-order valence-corrected chi connectivity index (χ3v) is 3.73. The summed E-state index contributed by atoms with van der Waals surface area (Å²) < 4.78 is 5.32.